The second-order valence-corrected chi connectivity index (χ2v) is 8.06. The summed E-state index contributed by atoms with van der Waals surface area (Å²) < 4.78 is 11.0. The molecule has 4 N–H and O–H groups in total. The highest BCUT2D eigenvalue weighted by molar-refractivity contribution is 6.30. The first-order chi connectivity index (χ1) is 14.1. The third-order valence-corrected chi connectivity index (χ3v) is 5.86. The molecule has 29 heavy (non-hydrogen) atoms. The van der Waals surface area contributed by atoms with Crippen molar-refractivity contribution in [3.8, 4) is 11.5 Å². The number of benzene rings is 2. The number of nitrogens with one attached hydrogen (secondary N) is 4. The fourth-order valence-corrected chi connectivity index (χ4v) is 4.00. The van der Waals surface area contributed by atoms with Crippen molar-refractivity contribution in [1.29, 1.82) is 0 Å². The minimum Gasteiger partial charge on any atom is -0.454 e. The maximum atomic E-state index is 12.4. The lowest BCUT2D eigenvalue weighted by atomic mass is 10.0. The van der Waals surface area contributed by atoms with Gasteiger partial charge in [-0.15, -0.1) is 0 Å². The van der Waals surface area contributed by atoms with Crippen LogP contribution in [-0.4, -0.2) is 52.6 Å². The average molecular weight is 419 g/mol. The lowest BCUT2D eigenvalue weighted by Gasteiger charge is -2.33. The smallest absolute Gasteiger partial charge is 0.319 e. The van der Waals surface area contributed by atoms with E-state index in [4.69, 9.17) is 21.1 Å². The average Bonchev–Trinajstić information content (AvgIpc) is 3.19. The number of carbonyl (C=O) groups excluding carboxylic acids is 1. The Morgan fingerprint density at radius 1 is 1.07 bits per heavy atom. The molecular formula is C21H27ClN4O3+2. The normalized spacial score (nSPS) is 21.4. The van der Waals surface area contributed by atoms with Gasteiger partial charge in [0, 0.05) is 16.3 Å². The van der Waals surface area contributed by atoms with Gasteiger partial charge in [-0.3, -0.25) is 0 Å². The summed E-state index contributed by atoms with van der Waals surface area (Å²) in [6, 6.07) is 13.1. The van der Waals surface area contributed by atoms with Gasteiger partial charge >= 0.3 is 6.03 Å². The second-order valence-electron chi connectivity index (χ2n) is 7.62. The van der Waals surface area contributed by atoms with Crippen LogP contribution >= 0.6 is 11.6 Å². The molecule has 2 heterocycles. The highest BCUT2D eigenvalue weighted by Crippen LogP contribution is 2.33. The predicted molar refractivity (Wildman–Crippen MR) is 111 cm³/mol. The van der Waals surface area contributed by atoms with E-state index in [-0.39, 0.29) is 18.9 Å². The van der Waals surface area contributed by atoms with Crippen molar-refractivity contribution in [2.45, 2.75) is 6.04 Å². The Balaban J connectivity index is 1.45. The van der Waals surface area contributed by atoms with Gasteiger partial charge in [0.15, 0.2) is 11.5 Å². The van der Waals surface area contributed by atoms with Crippen LogP contribution in [0.3, 0.4) is 0 Å². The predicted octanol–water partition coefficient (Wildman–Crippen LogP) is 0.345. The van der Waals surface area contributed by atoms with Gasteiger partial charge in [0.1, 0.15) is 32.2 Å². The molecule has 0 spiro atoms. The second kappa shape index (κ2) is 8.90. The molecule has 8 heteroatoms. The van der Waals surface area contributed by atoms with Gasteiger partial charge < -0.3 is 29.9 Å². The molecule has 1 saturated heterocycles. The van der Waals surface area contributed by atoms with Crippen LogP contribution in [0.25, 0.3) is 0 Å². The molecule has 0 saturated carbocycles. The third kappa shape index (κ3) is 4.93. The van der Waals surface area contributed by atoms with E-state index in [1.54, 1.807) is 29.2 Å². The van der Waals surface area contributed by atoms with E-state index in [9.17, 15) is 4.79 Å². The summed E-state index contributed by atoms with van der Waals surface area (Å²) in [6.45, 7) is 5.15. The Kier molecular flexibility index (Phi) is 6.08. The minimum atomic E-state index is -0.225. The summed E-state index contributed by atoms with van der Waals surface area (Å²) in [6.07, 6.45) is 0. The summed E-state index contributed by atoms with van der Waals surface area (Å²) >= 11 is 5.90. The Morgan fingerprint density at radius 2 is 1.79 bits per heavy atom. The molecule has 0 bridgehead atoms. The highest BCUT2D eigenvalue weighted by Gasteiger charge is 2.31. The van der Waals surface area contributed by atoms with E-state index >= 15 is 0 Å². The number of halogens is 1. The number of quaternary nitrogens is 2. The molecule has 1 atom stereocenters. The van der Waals surface area contributed by atoms with Gasteiger partial charge in [-0.2, -0.15) is 0 Å². The zero-order valence-electron chi connectivity index (χ0n) is 16.5. The number of rotatable bonds is 5. The summed E-state index contributed by atoms with van der Waals surface area (Å²) in [5.74, 6) is 1.55. The van der Waals surface area contributed by atoms with Crippen LogP contribution in [0.4, 0.5) is 10.5 Å². The van der Waals surface area contributed by atoms with Crippen molar-refractivity contribution in [3.63, 3.8) is 0 Å². The summed E-state index contributed by atoms with van der Waals surface area (Å²) in [7, 11) is 2.23. The SMILES string of the molecule is C[NH+]1CC[NH+]([C@@H](CNC(=O)Nc2ccc(Cl)cc2)c2ccc3c(c2)OCO3)CC1. The molecular weight excluding hydrogens is 392 g/mol. The number of piperazine rings is 1. The number of likely N-dealkylation sites (N-methyl/N-ethyl adjacent to an activating group) is 1. The van der Waals surface area contributed by atoms with Crippen LogP contribution in [-0.2, 0) is 0 Å². The molecule has 2 aromatic rings. The maximum Gasteiger partial charge on any atom is 0.319 e. The first-order valence-corrected chi connectivity index (χ1v) is 10.3. The van der Waals surface area contributed by atoms with Gasteiger partial charge in [0.2, 0.25) is 6.79 Å². The molecule has 0 aromatic heterocycles. The zero-order valence-corrected chi connectivity index (χ0v) is 17.2. The maximum absolute atomic E-state index is 12.4. The van der Waals surface area contributed by atoms with Gasteiger partial charge in [-0.25, -0.2) is 4.79 Å². The number of ether oxygens (including phenoxy) is 2. The zero-order chi connectivity index (χ0) is 20.2. The lowest BCUT2D eigenvalue weighted by molar-refractivity contribution is -1.02. The van der Waals surface area contributed by atoms with Crippen molar-refractivity contribution in [1.82, 2.24) is 5.32 Å². The quantitative estimate of drug-likeness (QED) is 0.566. The van der Waals surface area contributed by atoms with Crippen LogP contribution in [0.2, 0.25) is 5.02 Å². The fourth-order valence-electron chi connectivity index (χ4n) is 3.88. The Morgan fingerprint density at radius 3 is 2.55 bits per heavy atom. The Hall–Kier alpha value is -2.48. The fraction of sp³-hybridized carbons (Fsp3) is 0.381. The van der Waals surface area contributed by atoms with Gasteiger partial charge in [0.05, 0.1) is 13.6 Å². The highest BCUT2D eigenvalue weighted by atomic mass is 35.5. The number of amides is 2. The molecule has 0 radical (unpaired) electrons. The van der Waals surface area contributed by atoms with E-state index in [0.29, 0.717) is 17.3 Å². The van der Waals surface area contributed by atoms with Crippen molar-refractivity contribution in [3.05, 3.63) is 53.1 Å². The van der Waals surface area contributed by atoms with Crippen LogP contribution in [0, 0.1) is 0 Å². The molecule has 1 fully saturated rings. The number of hydrogen-bond donors (Lipinski definition) is 4. The van der Waals surface area contributed by atoms with E-state index in [2.05, 4.69) is 23.7 Å². The van der Waals surface area contributed by atoms with Gasteiger partial charge in [-0.05, 0) is 42.5 Å². The summed E-state index contributed by atoms with van der Waals surface area (Å²) in [5.41, 5.74) is 1.86. The first kappa shape index (κ1) is 19.8. The molecule has 0 unspecified atom stereocenters. The molecule has 2 aliphatic heterocycles. The van der Waals surface area contributed by atoms with Gasteiger partial charge in [0.25, 0.3) is 0 Å². The van der Waals surface area contributed by atoms with E-state index < -0.39 is 0 Å². The molecule has 4 rings (SSSR count). The standard InChI is InChI=1S/C21H25ClN4O3/c1-25-8-10-26(11-9-25)18(15-2-7-19-20(12-15)29-14-28-19)13-23-21(27)24-17-5-3-16(22)4-6-17/h2-7,12,18H,8-11,13-14H2,1H3,(H2,23,24,27)/p+2/t18-/m0/s1. The molecule has 2 aromatic carbocycles. The Labute approximate surface area is 175 Å². The van der Waals surface area contributed by atoms with E-state index in [0.717, 1.165) is 43.2 Å². The largest absolute Gasteiger partial charge is 0.454 e. The van der Waals surface area contributed by atoms with E-state index in [1.165, 1.54) is 4.90 Å². The van der Waals surface area contributed by atoms with Crippen LogP contribution in [0.5, 0.6) is 11.5 Å². The van der Waals surface area contributed by atoms with Crippen molar-refractivity contribution < 1.29 is 24.1 Å². The molecule has 154 valence electrons. The number of hydrogen-bond acceptors (Lipinski definition) is 3. The topological polar surface area (TPSA) is 68.5 Å². The van der Waals surface area contributed by atoms with Crippen LogP contribution in [0.15, 0.2) is 42.5 Å². The number of fused-ring (bicyclic) bond motifs is 1. The minimum absolute atomic E-state index is 0.147. The Bertz CT molecular complexity index is 854. The van der Waals surface area contributed by atoms with E-state index in [1.807, 2.05) is 12.1 Å². The van der Waals surface area contributed by atoms with Crippen LogP contribution in [0.1, 0.15) is 11.6 Å². The van der Waals surface area contributed by atoms with Crippen molar-refractivity contribution >= 4 is 23.3 Å². The number of urea groups is 1. The first-order valence-electron chi connectivity index (χ1n) is 9.94. The number of anilines is 1. The van der Waals surface area contributed by atoms with Crippen LogP contribution < -0.4 is 29.9 Å². The summed E-state index contributed by atoms with van der Waals surface area (Å²) in [5, 5.41) is 6.54. The van der Waals surface area contributed by atoms with Gasteiger partial charge in [-0.1, -0.05) is 11.6 Å². The number of carbonyl (C=O) groups is 1. The van der Waals surface area contributed by atoms with Crippen molar-refractivity contribution in [2.75, 3.05) is 51.9 Å². The monoisotopic (exact) mass is 418 g/mol. The lowest BCUT2D eigenvalue weighted by Crippen LogP contribution is -3.27. The molecule has 0 aliphatic carbocycles. The van der Waals surface area contributed by atoms with Crippen molar-refractivity contribution in [2.24, 2.45) is 0 Å². The third-order valence-electron chi connectivity index (χ3n) is 5.61. The molecule has 2 amide bonds. The summed E-state index contributed by atoms with van der Waals surface area (Å²) in [4.78, 5) is 15.5. The molecule has 7 nitrogen and oxygen atoms in total. The molecule has 2 aliphatic rings.